The van der Waals surface area contributed by atoms with E-state index in [0.29, 0.717) is 5.69 Å². The van der Waals surface area contributed by atoms with Crippen LogP contribution in [0.15, 0.2) is 12.4 Å². The van der Waals surface area contributed by atoms with Gasteiger partial charge in [-0.05, 0) is 12.5 Å². The van der Waals surface area contributed by atoms with Crippen molar-refractivity contribution in [3.8, 4) is 0 Å². The minimum atomic E-state index is -0.00444. The first kappa shape index (κ1) is 7.15. The maximum absolute atomic E-state index is 8.67. The Hall–Kier alpha value is -0.960. The molecule has 0 aliphatic rings. The molecule has 0 aromatic carbocycles. The van der Waals surface area contributed by atoms with Crippen LogP contribution in [0, 0.1) is 0 Å². The molecule has 1 aromatic heterocycles. The van der Waals surface area contributed by atoms with Crippen LogP contribution in [0.3, 0.4) is 0 Å². The van der Waals surface area contributed by atoms with Crippen LogP contribution in [0.4, 0.5) is 0 Å². The van der Waals surface area contributed by atoms with E-state index >= 15 is 0 Å². The zero-order valence-corrected chi connectivity index (χ0v) is 5.91. The quantitative estimate of drug-likeness (QED) is 0.648. The molecule has 1 aromatic rings. The van der Waals surface area contributed by atoms with Crippen LogP contribution >= 0.6 is 0 Å². The molecule has 3 nitrogen and oxygen atoms in total. The Balaban J connectivity index is 2.87. The highest BCUT2D eigenvalue weighted by molar-refractivity contribution is 5.06. The van der Waals surface area contributed by atoms with E-state index in [1.807, 2.05) is 6.92 Å². The SMILES string of the molecule is CCc1cc(CO)ncn1. The second kappa shape index (κ2) is 3.27. The van der Waals surface area contributed by atoms with Gasteiger partial charge in [0.25, 0.3) is 0 Å². The van der Waals surface area contributed by atoms with Crippen LogP contribution < -0.4 is 0 Å². The number of hydrogen-bond acceptors (Lipinski definition) is 3. The molecule has 0 aliphatic heterocycles. The first-order chi connectivity index (χ1) is 4.86. The van der Waals surface area contributed by atoms with E-state index in [0.717, 1.165) is 12.1 Å². The number of hydrogen-bond donors (Lipinski definition) is 1. The summed E-state index contributed by atoms with van der Waals surface area (Å²) in [4.78, 5) is 7.83. The first-order valence-corrected chi connectivity index (χ1v) is 3.27. The van der Waals surface area contributed by atoms with Gasteiger partial charge in [0.05, 0.1) is 12.3 Å². The molecule has 3 heteroatoms. The molecule has 1 heterocycles. The normalized spacial score (nSPS) is 9.80. The third-order valence-electron chi connectivity index (χ3n) is 1.30. The summed E-state index contributed by atoms with van der Waals surface area (Å²) >= 11 is 0. The van der Waals surface area contributed by atoms with Crippen molar-refractivity contribution in [2.45, 2.75) is 20.0 Å². The summed E-state index contributed by atoms with van der Waals surface area (Å²) in [5.41, 5.74) is 1.66. The minimum absolute atomic E-state index is 0.00444. The number of aliphatic hydroxyl groups excluding tert-OH is 1. The summed E-state index contributed by atoms with van der Waals surface area (Å²) in [7, 11) is 0. The third-order valence-corrected chi connectivity index (χ3v) is 1.30. The lowest BCUT2D eigenvalue weighted by Crippen LogP contribution is -1.93. The minimum Gasteiger partial charge on any atom is -0.390 e. The van der Waals surface area contributed by atoms with Crippen LogP contribution in [-0.4, -0.2) is 15.1 Å². The largest absolute Gasteiger partial charge is 0.390 e. The van der Waals surface area contributed by atoms with Crippen molar-refractivity contribution in [2.24, 2.45) is 0 Å². The zero-order valence-electron chi connectivity index (χ0n) is 5.91. The Morgan fingerprint density at radius 3 is 2.70 bits per heavy atom. The third kappa shape index (κ3) is 1.51. The fraction of sp³-hybridized carbons (Fsp3) is 0.429. The summed E-state index contributed by atoms with van der Waals surface area (Å²) in [6.07, 6.45) is 2.36. The van der Waals surface area contributed by atoms with Crippen molar-refractivity contribution in [3.63, 3.8) is 0 Å². The molecule has 0 amide bonds. The molecular weight excluding hydrogens is 128 g/mol. The van der Waals surface area contributed by atoms with Crippen molar-refractivity contribution in [1.82, 2.24) is 9.97 Å². The van der Waals surface area contributed by atoms with Gasteiger partial charge in [-0.25, -0.2) is 9.97 Å². The van der Waals surface area contributed by atoms with Crippen molar-refractivity contribution in [2.75, 3.05) is 0 Å². The number of aromatic nitrogens is 2. The molecule has 0 aliphatic carbocycles. The fourth-order valence-corrected chi connectivity index (χ4v) is 0.724. The lowest BCUT2D eigenvalue weighted by Gasteiger charge is -1.96. The molecule has 0 fully saturated rings. The van der Waals surface area contributed by atoms with Crippen LogP contribution in [0.2, 0.25) is 0 Å². The topological polar surface area (TPSA) is 46.0 Å². The Bertz CT molecular complexity index is 193. The lowest BCUT2D eigenvalue weighted by molar-refractivity contribution is 0.276. The molecule has 54 valence electrons. The number of nitrogens with zero attached hydrogens (tertiary/aromatic N) is 2. The van der Waals surface area contributed by atoms with Crippen molar-refractivity contribution < 1.29 is 5.11 Å². The summed E-state index contributed by atoms with van der Waals surface area (Å²) in [5, 5.41) is 8.67. The Morgan fingerprint density at radius 2 is 2.10 bits per heavy atom. The number of aryl methyl sites for hydroxylation is 1. The van der Waals surface area contributed by atoms with Gasteiger partial charge in [-0.1, -0.05) is 6.92 Å². The van der Waals surface area contributed by atoms with E-state index in [9.17, 15) is 0 Å². The van der Waals surface area contributed by atoms with Crippen molar-refractivity contribution in [1.29, 1.82) is 0 Å². The molecule has 0 radical (unpaired) electrons. The van der Waals surface area contributed by atoms with E-state index in [-0.39, 0.29) is 6.61 Å². The number of rotatable bonds is 2. The summed E-state index contributed by atoms with van der Waals surface area (Å²) in [5.74, 6) is 0. The summed E-state index contributed by atoms with van der Waals surface area (Å²) in [6.45, 7) is 2.01. The van der Waals surface area contributed by atoms with Gasteiger partial charge in [0, 0.05) is 5.69 Å². The molecule has 0 spiro atoms. The highest BCUT2D eigenvalue weighted by atomic mass is 16.3. The Morgan fingerprint density at radius 1 is 1.40 bits per heavy atom. The molecule has 0 bridgehead atoms. The van der Waals surface area contributed by atoms with E-state index in [2.05, 4.69) is 9.97 Å². The van der Waals surface area contributed by atoms with Gasteiger partial charge in [-0.3, -0.25) is 0 Å². The van der Waals surface area contributed by atoms with E-state index < -0.39 is 0 Å². The average Bonchev–Trinajstić information content (AvgIpc) is 2.05. The Labute approximate surface area is 59.8 Å². The van der Waals surface area contributed by atoms with E-state index in [1.54, 1.807) is 6.07 Å². The van der Waals surface area contributed by atoms with Gasteiger partial charge in [-0.2, -0.15) is 0 Å². The number of aliphatic hydroxyl groups is 1. The van der Waals surface area contributed by atoms with E-state index in [4.69, 9.17) is 5.11 Å². The summed E-state index contributed by atoms with van der Waals surface area (Å²) in [6, 6.07) is 1.81. The first-order valence-electron chi connectivity index (χ1n) is 3.27. The predicted octanol–water partition coefficient (Wildman–Crippen LogP) is 0.531. The van der Waals surface area contributed by atoms with Crippen molar-refractivity contribution >= 4 is 0 Å². The van der Waals surface area contributed by atoms with Gasteiger partial charge in [0.2, 0.25) is 0 Å². The van der Waals surface area contributed by atoms with Gasteiger partial charge in [0.15, 0.2) is 0 Å². The lowest BCUT2D eigenvalue weighted by atomic mass is 10.3. The fourth-order valence-electron chi connectivity index (χ4n) is 0.724. The molecule has 0 saturated carbocycles. The van der Waals surface area contributed by atoms with Crippen LogP contribution in [0.1, 0.15) is 18.3 Å². The maximum atomic E-state index is 8.67. The smallest absolute Gasteiger partial charge is 0.116 e. The predicted molar refractivity (Wildman–Crippen MR) is 37.3 cm³/mol. The van der Waals surface area contributed by atoms with Gasteiger partial charge < -0.3 is 5.11 Å². The average molecular weight is 138 g/mol. The van der Waals surface area contributed by atoms with E-state index in [1.165, 1.54) is 6.33 Å². The molecular formula is C7H10N2O. The standard InChI is InChI=1S/C7H10N2O/c1-2-6-3-7(4-10)9-5-8-6/h3,5,10H,2,4H2,1H3. The molecule has 0 saturated heterocycles. The highest BCUT2D eigenvalue weighted by Crippen LogP contribution is 1.97. The van der Waals surface area contributed by atoms with Gasteiger partial charge >= 0.3 is 0 Å². The maximum Gasteiger partial charge on any atom is 0.116 e. The van der Waals surface area contributed by atoms with Crippen LogP contribution in [0.25, 0.3) is 0 Å². The summed E-state index contributed by atoms with van der Waals surface area (Å²) < 4.78 is 0. The monoisotopic (exact) mass is 138 g/mol. The molecule has 0 atom stereocenters. The molecule has 1 N–H and O–H groups in total. The molecule has 10 heavy (non-hydrogen) atoms. The molecule has 0 unspecified atom stereocenters. The second-order valence-corrected chi connectivity index (χ2v) is 2.01. The second-order valence-electron chi connectivity index (χ2n) is 2.01. The van der Waals surface area contributed by atoms with Crippen LogP contribution in [0.5, 0.6) is 0 Å². The van der Waals surface area contributed by atoms with Gasteiger partial charge in [-0.15, -0.1) is 0 Å². The Kier molecular flexibility index (Phi) is 2.34. The van der Waals surface area contributed by atoms with Crippen molar-refractivity contribution in [3.05, 3.63) is 23.8 Å². The molecule has 1 rings (SSSR count). The van der Waals surface area contributed by atoms with Gasteiger partial charge in [0.1, 0.15) is 6.33 Å². The highest BCUT2D eigenvalue weighted by Gasteiger charge is 1.93. The van der Waals surface area contributed by atoms with Crippen LogP contribution in [-0.2, 0) is 13.0 Å². The zero-order chi connectivity index (χ0) is 7.40.